The molecule has 0 radical (unpaired) electrons. The highest BCUT2D eigenvalue weighted by molar-refractivity contribution is 5.15. The highest BCUT2D eigenvalue weighted by Gasteiger charge is 1.88. The second-order valence-corrected chi connectivity index (χ2v) is 8.43. The number of hydrogen-bond acceptors (Lipinski definition) is 19. The zero-order valence-corrected chi connectivity index (χ0v) is 49.7. The lowest BCUT2D eigenvalue weighted by Gasteiger charge is -1.98. The molecule has 0 spiro atoms. The van der Waals surface area contributed by atoms with Gasteiger partial charge >= 0.3 is 0 Å². The summed E-state index contributed by atoms with van der Waals surface area (Å²) < 4.78 is 0. The molecule has 0 bridgehead atoms. The molecule has 2 aromatic carbocycles. The van der Waals surface area contributed by atoms with E-state index in [4.69, 9.17) is 48.3 Å². The molecule has 0 atom stereocenters. The van der Waals surface area contributed by atoms with Crippen molar-refractivity contribution < 1.29 is 48.3 Å². The van der Waals surface area contributed by atoms with Crippen molar-refractivity contribution in [2.75, 3.05) is 28.2 Å². The number of hydrogen-bond donors (Lipinski definition) is 10. The summed E-state index contributed by atoms with van der Waals surface area (Å²) >= 11 is 0. The van der Waals surface area contributed by atoms with E-state index in [0.29, 0.717) is 0 Å². The van der Waals surface area contributed by atoms with Crippen LogP contribution in [0.3, 0.4) is 0 Å². The lowest BCUT2D eigenvalue weighted by atomic mass is 10.1. The molecule has 19 heteroatoms. The van der Waals surface area contributed by atoms with Crippen molar-refractivity contribution in [3.8, 4) is 0 Å². The first-order chi connectivity index (χ1) is 31.1. The molecule has 0 saturated carbocycles. The average Bonchev–Trinajstić information content (AvgIpc) is 3.44. The van der Waals surface area contributed by atoms with Gasteiger partial charge in [-0.3, -0.25) is 0 Å². The fourth-order valence-corrected chi connectivity index (χ4v) is 1.72. The summed E-state index contributed by atoms with van der Waals surface area (Å²) in [4.78, 5) is 72.0. The number of rotatable bonds is 4. The second-order valence-electron chi connectivity index (χ2n) is 8.43. The van der Waals surface area contributed by atoms with Crippen LogP contribution in [0.25, 0.3) is 0 Å². The molecule has 24 N–H and O–H groups in total. The van der Waals surface area contributed by atoms with Crippen LogP contribution in [0.1, 0.15) is 149 Å². The molecule has 69 heavy (non-hydrogen) atoms. The van der Waals surface area contributed by atoms with Crippen LogP contribution in [0.2, 0.25) is 0 Å². The molecule has 0 saturated heterocycles. The Morgan fingerprint density at radius 3 is 0.493 bits per heavy atom. The van der Waals surface area contributed by atoms with E-state index in [9.17, 15) is 0 Å². The molecule has 0 heterocycles. The van der Waals surface area contributed by atoms with Gasteiger partial charge in [0.1, 0.15) is 61.1 Å². The van der Waals surface area contributed by atoms with Gasteiger partial charge in [0.25, 0.3) is 0 Å². The Balaban J connectivity index is -0.0000000132. The Hall–Kier alpha value is -4.93. The number of aliphatic hydroxyl groups is 1. The number of nitrogens with two attached hydrogens (primary N) is 4. The van der Waals surface area contributed by atoms with Gasteiger partial charge in [0.2, 0.25) is 0 Å². The average molecular weight is 1020 g/mol. The van der Waals surface area contributed by atoms with E-state index in [1.165, 1.54) is 52.2 Å². The van der Waals surface area contributed by atoms with Crippen molar-refractivity contribution in [1.29, 1.82) is 0 Å². The quantitative estimate of drug-likeness (QED) is 0.136. The Morgan fingerprint density at radius 2 is 0.449 bits per heavy atom. The first-order valence-electron chi connectivity index (χ1n) is 20.8. The van der Waals surface area contributed by atoms with Crippen LogP contribution in [0.15, 0.2) is 60.7 Å². The van der Waals surface area contributed by atoms with E-state index in [2.05, 4.69) is 127 Å². The van der Waals surface area contributed by atoms with Gasteiger partial charge in [-0.15, -0.1) is 0 Å². The van der Waals surface area contributed by atoms with Gasteiger partial charge in [-0.05, 0) is 77.8 Å². The SMILES string of the molecule is C=O.C=O.C=O.C=O.C=O.C=O.C=O.C=O.C=O.CC.CC.CC.CC.CC(C)C.CC(C)O.CCC(C)CC.CCc1ccccc1.CCc1ccccc1.CN.CN.CN.CN.N.N.N.N.N. The molecule has 0 aliphatic carbocycles. The van der Waals surface area contributed by atoms with Gasteiger partial charge in [-0.1, -0.05) is 184 Å². The number of aliphatic hydroxyl groups excluding tert-OH is 1. The summed E-state index contributed by atoms with van der Waals surface area (Å²) in [6.45, 7) is 55.0. The topological polar surface area (TPSA) is 453 Å². The molecule has 0 amide bonds. The minimum atomic E-state index is -0.167. The predicted octanol–water partition coefficient (Wildman–Crippen LogP) is 10.5. The molecular weight excluding hydrogens is 887 g/mol. The minimum absolute atomic E-state index is 0. The van der Waals surface area contributed by atoms with Crippen molar-refractivity contribution >= 4 is 61.1 Å². The third-order valence-corrected chi connectivity index (χ3v) is 3.90. The van der Waals surface area contributed by atoms with E-state index in [1.807, 2.05) is 129 Å². The molecule has 0 aliphatic rings. The van der Waals surface area contributed by atoms with Crippen LogP contribution >= 0.6 is 0 Å². The number of aryl methyl sites for hydroxylation is 2. The predicted molar refractivity (Wildman–Crippen MR) is 314 cm³/mol. The Morgan fingerprint density at radius 1 is 0.348 bits per heavy atom. The number of carbonyl (C=O) groups excluding carboxylic acids is 9. The van der Waals surface area contributed by atoms with Crippen LogP contribution in [-0.4, -0.2) is 101 Å². The maximum atomic E-state index is 8.06. The lowest BCUT2D eigenvalue weighted by molar-refractivity contribution is -0.0987. The molecule has 0 fully saturated rings. The van der Waals surface area contributed by atoms with Gasteiger partial charge in [0, 0.05) is 6.10 Å². The summed E-state index contributed by atoms with van der Waals surface area (Å²) in [5, 5.41) is 8.06. The Labute approximate surface area is 430 Å². The third kappa shape index (κ3) is 647. The summed E-state index contributed by atoms with van der Waals surface area (Å²) in [5.41, 5.74) is 20.8. The highest BCUT2D eigenvalue weighted by Crippen LogP contribution is 2.03. The van der Waals surface area contributed by atoms with E-state index in [1.54, 1.807) is 13.8 Å². The molecular formula is C50H129N9O10. The maximum absolute atomic E-state index is 8.06. The summed E-state index contributed by atoms with van der Waals surface area (Å²) in [7, 11) is 6.00. The number of carbonyl (C=O) groups is 9. The van der Waals surface area contributed by atoms with Crippen LogP contribution in [-0.2, 0) is 56.0 Å². The second kappa shape index (κ2) is 419. The minimum Gasteiger partial charge on any atom is -0.394 e. The first kappa shape index (κ1) is 167. The molecule has 0 aromatic heterocycles. The molecule has 2 aromatic rings. The molecule has 0 unspecified atom stereocenters. The molecule has 2 rings (SSSR count). The Kier molecular flexibility index (Phi) is 1010. The zero-order chi connectivity index (χ0) is 57.8. The van der Waals surface area contributed by atoms with E-state index in [0.717, 1.165) is 24.7 Å². The molecule has 0 aliphatic heterocycles. The van der Waals surface area contributed by atoms with Crippen LogP contribution < -0.4 is 53.7 Å². The van der Waals surface area contributed by atoms with Gasteiger partial charge < -0.3 is 102 Å². The van der Waals surface area contributed by atoms with Gasteiger partial charge in [0.15, 0.2) is 0 Å². The normalized spacial score (nSPS) is 5.25. The van der Waals surface area contributed by atoms with Crippen LogP contribution in [0.4, 0.5) is 0 Å². The molecule has 19 nitrogen and oxygen atoms in total. The summed E-state index contributed by atoms with van der Waals surface area (Å²) in [5.74, 6) is 1.77. The summed E-state index contributed by atoms with van der Waals surface area (Å²) in [6, 6.07) is 20.9. The fraction of sp³-hybridized carbons (Fsp3) is 0.580. The zero-order valence-electron chi connectivity index (χ0n) is 49.7. The largest absolute Gasteiger partial charge is 0.394 e. The van der Waals surface area contributed by atoms with E-state index >= 15 is 0 Å². The van der Waals surface area contributed by atoms with Crippen molar-refractivity contribution in [1.82, 2.24) is 30.8 Å². The van der Waals surface area contributed by atoms with Gasteiger partial charge in [0.05, 0.1) is 0 Å². The maximum Gasteiger partial charge on any atom is 0.106 e. The first-order valence-corrected chi connectivity index (χ1v) is 20.8. The van der Waals surface area contributed by atoms with E-state index in [-0.39, 0.29) is 36.9 Å². The standard InChI is InChI=1S/2C8H10.C6H14.C4H10.C3H8O.4C2H6.4CH5N.9CH2O.5H3N/c2*1-2-8-6-4-3-5-7-8;1-4-6(3)5-2;1-4(2)3;1-3(2)4;17*1-2;;;;;/h2*3-7H,2H2,1H3;6H,4-5H2,1-3H3;4H,1-3H3;3-4H,1-2H3;4*1-2H3;4*2H2,1H3;9*1H2;5*1H3. The van der Waals surface area contributed by atoms with Crippen molar-refractivity contribution in [3.05, 3.63) is 71.8 Å². The monoisotopic (exact) mass is 1020 g/mol. The van der Waals surface area contributed by atoms with Gasteiger partial charge in [-0.2, -0.15) is 0 Å². The fourth-order valence-electron chi connectivity index (χ4n) is 1.72. The third-order valence-electron chi connectivity index (χ3n) is 3.90. The molecule has 434 valence electrons. The highest BCUT2D eigenvalue weighted by atomic mass is 16.3. The van der Waals surface area contributed by atoms with E-state index < -0.39 is 0 Å². The van der Waals surface area contributed by atoms with Crippen molar-refractivity contribution in [2.45, 2.75) is 156 Å². The van der Waals surface area contributed by atoms with Crippen LogP contribution in [0, 0.1) is 11.8 Å². The lowest BCUT2D eigenvalue weighted by Crippen LogP contribution is -1.85. The van der Waals surface area contributed by atoms with Crippen molar-refractivity contribution in [3.63, 3.8) is 0 Å². The smallest absolute Gasteiger partial charge is 0.106 e. The van der Waals surface area contributed by atoms with Crippen molar-refractivity contribution in [2.24, 2.45) is 34.8 Å². The summed E-state index contributed by atoms with van der Waals surface area (Å²) in [6.07, 6.45) is 4.77. The number of benzene rings is 2. The van der Waals surface area contributed by atoms with Gasteiger partial charge in [-0.25, -0.2) is 0 Å². The Bertz CT molecular complexity index is 634. The van der Waals surface area contributed by atoms with Crippen LogP contribution in [0.5, 0.6) is 0 Å².